The SMILES string of the molecule is O=C1NC2(CCCCCC2)C(=O)N1c1cc(Cl)cc(Cl)c1. The van der Waals surface area contributed by atoms with Gasteiger partial charge in [0.1, 0.15) is 5.54 Å². The molecule has 1 aliphatic carbocycles. The molecule has 21 heavy (non-hydrogen) atoms. The summed E-state index contributed by atoms with van der Waals surface area (Å²) in [6.45, 7) is 0. The first-order valence-electron chi connectivity index (χ1n) is 7.15. The van der Waals surface area contributed by atoms with Gasteiger partial charge in [-0.15, -0.1) is 0 Å². The van der Waals surface area contributed by atoms with Crippen molar-refractivity contribution in [2.75, 3.05) is 4.90 Å². The summed E-state index contributed by atoms with van der Waals surface area (Å²) in [7, 11) is 0. The average Bonchev–Trinajstić information content (AvgIpc) is 2.56. The molecule has 3 amide bonds. The van der Waals surface area contributed by atoms with Gasteiger partial charge >= 0.3 is 6.03 Å². The van der Waals surface area contributed by atoms with Crippen LogP contribution in [0.2, 0.25) is 10.0 Å². The number of carbonyl (C=O) groups is 2. The summed E-state index contributed by atoms with van der Waals surface area (Å²) >= 11 is 11.9. The van der Waals surface area contributed by atoms with Gasteiger partial charge in [-0.05, 0) is 31.0 Å². The fraction of sp³-hybridized carbons (Fsp3) is 0.467. The molecule has 0 radical (unpaired) electrons. The maximum Gasteiger partial charge on any atom is 0.329 e. The van der Waals surface area contributed by atoms with Crippen molar-refractivity contribution in [2.45, 2.75) is 44.1 Å². The van der Waals surface area contributed by atoms with Crippen molar-refractivity contribution >= 4 is 40.8 Å². The van der Waals surface area contributed by atoms with E-state index in [0.29, 0.717) is 28.6 Å². The molecule has 1 aromatic rings. The number of hydrogen-bond acceptors (Lipinski definition) is 2. The van der Waals surface area contributed by atoms with Crippen molar-refractivity contribution < 1.29 is 9.59 Å². The number of halogens is 2. The summed E-state index contributed by atoms with van der Waals surface area (Å²) in [4.78, 5) is 26.3. The van der Waals surface area contributed by atoms with Crippen LogP contribution in [-0.2, 0) is 4.79 Å². The van der Waals surface area contributed by atoms with Gasteiger partial charge in [-0.3, -0.25) is 4.79 Å². The Bertz CT molecular complexity index is 575. The van der Waals surface area contributed by atoms with Crippen LogP contribution < -0.4 is 10.2 Å². The van der Waals surface area contributed by atoms with E-state index in [1.165, 1.54) is 4.90 Å². The lowest BCUT2D eigenvalue weighted by Gasteiger charge is -2.24. The van der Waals surface area contributed by atoms with Crippen molar-refractivity contribution in [3.8, 4) is 0 Å². The molecule has 0 unspecified atom stereocenters. The maximum atomic E-state index is 12.8. The van der Waals surface area contributed by atoms with E-state index in [0.717, 1.165) is 25.7 Å². The minimum absolute atomic E-state index is 0.187. The van der Waals surface area contributed by atoms with Crippen molar-refractivity contribution in [1.82, 2.24) is 5.32 Å². The number of imide groups is 1. The Morgan fingerprint density at radius 2 is 1.52 bits per heavy atom. The quantitative estimate of drug-likeness (QED) is 0.788. The third-order valence-corrected chi connectivity index (χ3v) is 4.66. The van der Waals surface area contributed by atoms with E-state index in [1.807, 2.05) is 0 Å². The smallest absolute Gasteiger partial charge is 0.323 e. The first kappa shape index (κ1) is 14.7. The van der Waals surface area contributed by atoms with Crippen LogP contribution in [0.3, 0.4) is 0 Å². The molecular weight excluding hydrogens is 311 g/mol. The van der Waals surface area contributed by atoms with Gasteiger partial charge in [0.25, 0.3) is 5.91 Å². The van der Waals surface area contributed by atoms with Crippen molar-refractivity contribution in [3.63, 3.8) is 0 Å². The largest absolute Gasteiger partial charge is 0.329 e. The molecule has 1 spiro atoms. The molecule has 1 saturated heterocycles. The van der Waals surface area contributed by atoms with Crippen LogP contribution in [0.4, 0.5) is 10.5 Å². The van der Waals surface area contributed by atoms with Gasteiger partial charge in [-0.2, -0.15) is 0 Å². The van der Waals surface area contributed by atoms with Crippen molar-refractivity contribution in [3.05, 3.63) is 28.2 Å². The molecule has 1 N–H and O–H groups in total. The molecule has 6 heteroatoms. The zero-order valence-corrected chi connectivity index (χ0v) is 13.0. The highest BCUT2D eigenvalue weighted by atomic mass is 35.5. The van der Waals surface area contributed by atoms with Gasteiger partial charge in [-0.25, -0.2) is 9.69 Å². The Labute approximate surface area is 133 Å². The van der Waals surface area contributed by atoms with E-state index >= 15 is 0 Å². The number of carbonyl (C=O) groups excluding carboxylic acids is 2. The first-order chi connectivity index (χ1) is 10.0. The van der Waals surface area contributed by atoms with Crippen LogP contribution in [0.15, 0.2) is 18.2 Å². The molecule has 2 aliphatic rings. The second-order valence-electron chi connectivity index (χ2n) is 5.69. The molecule has 0 atom stereocenters. The molecular formula is C15H16Cl2N2O2. The van der Waals surface area contributed by atoms with E-state index in [2.05, 4.69) is 5.32 Å². The van der Waals surface area contributed by atoms with Crippen LogP contribution in [0.5, 0.6) is 0 Å². The second-order valence-corrected chi connectivity index (χ2v) is 6.57. The molecule has 0 aromatic heterocycles. The highest BCUT2D eigenvalue weighted by Crippen LogP contribution is 2.36. The molecule has 2 fully saturated rings. The summed E-state index contributed by atoms with van der Waals surface area (Å²) in [5.74, 6) is -0.187. The van der Waals surface area contributed by atoms with Gasteiger partial charge in [0.05, 0.1) is 5.69 Å². The fourth-order valence-corrected chi connectivity index (χ4v) is 3.71. The number of anilines is 1. The fourth-order valence-electron chi connectivity index (χ4n) is 3.19. The van der Waals surface area contributed by atoms with Gasteiger partial charge in [0, 0.05) is 10.0 Å². The lowest BCUT2D eigenvalue weighted by molar-refractivity contribution is -0.122. The highest BCUT2D eigenvalue weighted by Gasteiger charge is 2.51. The van der Waals surface area contributed by atoms with E-state index in [9.17, 15) is 9.59 Å². The average molecular weight is 327 g/mol. The Morgan fingerprint density at radius 1 is 0.952 bits per heavy atom. The number of hydrogen-bond donors (Lipinski definition) is 1. The third kappa shape index (κ3) is 2.62. The van der Waals surface area contributed by atoms with Gasteiger partial charge < -0.3 is 5.32 Å². The van der Waals surface area contributed by atoms with Gasteiger partial charge in [0.15, 0.2) is 0 Å². The van der Waals surface area contributed by atoms with E-state index in [-0.39, 0.29) is 11.9 Å². The molecule has 1 aliphatic heterocycles. The summed E-state index contributed by atoms with van der Waals surface area (Å²) in [6.07, 6.45) is 5.51. The second kappa shape index (κ2) is 5.50. The number of nitrogens with one attached hydrogen (secondary N) is 1. The topological polar surface area (TPSA) is 49.4 Å². The zero-order valence-electron chi connectivity index (χ0n) is 11.5. The van der Waals surface area contributed by atoms with Crippen LogP contribution in [0.1, 0.15) is 38.5 Å². The summed E-state index contributed by atoms with van der Waals surface area (Å²) in [6, 6.07) is 4.36. The Balaban J connectivity index is 1.96. The predicted octanol–water partition coefficient (Wildman–Crippen LogP) is 4.14. The molecule has 112 valence electrons. The Hall–Kier alpha value is -1.26. The number of benzene rings is 1. The van der Waals surface area contributed by atoms with E-state index in [4.69, 9.17) is 23.2 Å². The summed E-state index contributed by atoms with van der Waals surface area (Å²) in [5.41, 5.74) is -0.321. The lowest BCUT2D eigenvalue weighted by Crippen LogP contribution is -2.46. The van der Waals surface area contributed by atoms with Crippen LogP contribution in [0, 0.1) is 0 Å². The minimum atomic E-state index is -0.748. The van der Waals surface area contributed by atoms with Crippen LogP contribution >= 0.6 is 23.2 Å². The van der Waals surface area contributed by atoms with E-state index < -0.39 is 5.54 Å². The van der Waals surface area contributed by atoms with Crippen LogP contribution in [0.25, 0.3) is 0 Å². The minimum Gasteiger partial charge on any atom is -0.323 e. The standard InChI is InChI=1S/C15H16Cl2N2O2/c16-10-7-11(17)9-12(8-10)19-13(20)15(18-14(19)21)5-3-1-2-4-6-15/h7-9H,1-6H2,(H,18,21). The normalized spacial score (nSPS) is 21.5. The molecule has 1 heterocycles. The maximum absolute atomic E-state index is 12.8. The predicted molar refractivity (Wildman–Crippen MR) is 82.9 cm³/mol. The molecule has 1 aromatic carbocycles. The molecule has 3 rings (SSSR count). The van der Waals surface area contributed by atoms with E-state index in [1.54, 1.807) is 18.2 Å². The van der Waals surface area contributed by atoms with Crippen molar-refractivity contribution in [2.24, 2.45) is 0 Å². The number of rotatable bonds is 1. The highest BCUT2D eigenvalue weighted by molar-refractivity contribution is 6.35. The lowest BCUT2D eigenvalue weighted by atomic mass is 9.90. The summed E-state index contributed by atoms with van der Waals surface area (Å²) in [5, 5.41) is 3.70. The molecule has 0 bridgehead atoms. The number of amides is 3. The summed E-state index contributed by atoms with van der Waals surface area (Å²) < 4.78 is 0. The monoisotopic (exact) mass is 326 g/mol. The number of nitrogens with zero attached hydrogens (tertiary/aromatic N) is 1. The Morgan fingerprint density at radius 3 is 2.10 bits per heavy atom. The first-order valence-corrected chi connectivity index (χ1v) is 7.90. The molecule has 1 saturated carbocycles. The zero-order chi connectivity index (χ0) is 15.0. The van der Waals surface area contributed by atoms with Gasteiger partial charge in [0.2, 0.25) is 0 Å². The third-order valence-electron chi connectivity index (χ3n) is 4.22. The Kier molecular flexibility index (Phi) is 3.84. The molecule has 4 nitrogen and oxygen atoms in total. The van der Waals surface area contributed by atoms with Crippen LogP contribution in [-0.4, -0.2) is 17.5 Å². The number of urea groups is 1. The van der Waals surface area contributed by atoms with Crippen molar-refractivity contribution in [1.29, 1.82) is 0 Å². The van der Waals surface area contributed by atoms with Gasteiger partial charge in [-0.1, -0.05) is 48.9 Å².